The lowest BCUT2D eigenvalue weighted by molar-refractivity contribution is -0.140. The molecule has 2 fully saturated rings. The highest BCUT2D eigenvalue weighted by Crippen LogP contribution is 2.34. The molecule has 1 aromatic carbocycles. The Hall–Kier alpha value is -3.57. The number of carboxylic acids is 1. The number of ether oxygens (including phenoxy) is 2. The zero-order valence-electron chi connectivity index (χ0n) is 23.6. The number of hydrogen-bond acceptors (Lipinski definition) is 6. The quantitative estimate of drug-likeness (QED) is 0.337. The molecule has 2 saturated carbocycles. The fourth-order valence-corrected chi connectivity index (χ4v) is 5.93. The van der Waals surface area contributed by atoms with Crippen molar-refractivity contribution in [3.05, 3.63) is 59.3 Å². The molecule has 1 aliphatic heterocycles. The number of anilines is 1. The summed E-state index contributed by atoms with van der Waals surface area (Å²) in [5.41, 5.74) is 3.37. The third-order valence-corrected chi connectivity index (χ3v) is 8.44. The lowest BCUT2D eigenvalue weighted by Crippen LogP contribution is -2.44. The summed E-state index contributed by atoms with van der Waals surface area (Å²) in [5.74, 6) is 6.94. The fraction of sp³-hybridized carbons (Fsp3) is 0.545. The highest BCUT2D eigenvalue weighted by molar-refractivity contribution is 5.79. The normalized spacial score (nSPS) is 23.9. The Morgan fingerprint density at radius 1 is 1.10 bits per heavy atom. The maximum atomic E-state index is 12.6. The van der Waals surface area contributed by atoms with Gasteiger partial charge in [0.1, 0.15) is 18.0 Å². The maximum Gasteiger partial charge on any atom is 0.408 e. The number of fused-ring (bicyclic) bond motifs is 1. The first kappa shape index (κ1) is 28.9. The van der Waals surface area contributed by atoms with Crippen molar-refractivity contribution < 1.29 is 24.2 Å². The van der Waals surface area contributed by atoms with Gasteiger partial charge in [0.2, 0.25) is 0 Å². The number of carbonyl (C=O) groups excluding carboxylic acids is 1. The molecule has 0 bridgehead atoms. The Morgan fingerprint density at radius 3 is 2.76 bits per heavy atom. The molecular formula is C33H41N3O5. The molecule has 0 saturated heterocycles. The van der Waals surface area contributed by atoms with E-state index in [0.717, 1.165) is 87.8 Å². The number of aliphatic carboxylic acids is 1. The lowest BCUT2D eigenvalue weighted by atomic mass is 9.79. The van der Waals surface area contributed by atoms with Crippen LogP contribution in [0.25, 0.3) is 0 Å². The Kier molecular flexibility index (Phi) is 10.1. The van der Waals surface area contributed by atoms with E-state index in [4.69, 9.17) is 14.5 Å². The first-order valence-electron chi connectivity index (χ1n) is 15.1. The van der Waals surface area contributed by atoms with Gasteiger partial charge in [0.25, 0.3) is 0 Å². The zero-order chi connectivity index (χ0) is 28.4. The molecule has 218 valence electrons. The average Bonchev–Trinajstić information content (AvgIpc) is 2.97. The van der Waals surface area contributed by atoms with Gasteiger partial charge < -0.3 is 25.2 Å². The van der Waals surface area contributed by atoms with E-state index in [0.29, 0.717) is 5.92 Å². The molecule has 2 aliphatic carbocycles. The van der Waals surface area contributed by atoms with Crippen LogP contribution < -0.4 is 10.6 Å². The lowest BCUT2D eigenvalue weighted by Gasteiger charge is -2.35. The number of nitrogens with one attached hydrogen (secondary N) is 2. The van der Waals surface area contributed by atoms with E-state index < -0.39 is 18.1 Å². The minimum absolute atomic E-state index is 0.0624. The number of aromatic nitrogens is 1. The molecule has 1 amide bonds. The number of alkyl carbamates (subject to hydrolysis) is 1. The molecule has 2 heterocycles. The van der Waals surface area contributed by atoms with Crippen LogP contribution in [0.4, 0.5) is 10.6 Å². The summed E-state index contributed by atoms with van der Waals surface area (Å²) in [6, 6.07) is 13.0. The van der Waals surface area contributed by atoms with E-state index >= 15 is 0 Å². The van der Waals surface area contributed by atoms with Crippen LogP contribution in [-0.2, 0) is 27.1 Å². The van der Waals surface area contributed by atoms with Crippen molar-refractivity contribution >= 4 is 17.9 Å². The third-order valence-electron chi connectivity index (χ3n) is 8.44. The number of aryl methyl sites for hydroxylation is 2. The van der Waals surface area contributed by atoms with Crippen molar-refractivity contribution in [2.24, 2.45) is 11.8 Å². The molecule has 3 N–H and O–H groups in total. The van der Waals surface area contributed by atoms with Crippen molar-refractivity contribution in [3.8, 4) is 11.8 Å². The van der Waals surface area contributed by atoms with Gasteiger partial charge in [-0.05, 0) is 87.5 Å². The third kappa shape index (κ3) is 8.46. The van der Waals surface area contributed by atoms with Crippen LogP contribution in [-0.4, -0.2) is 53.6 Å². The second-order valence-corrected chi connectivity index (χ2v) is 11.5. The SMILES string of the molecule is O=C(N[C@@H](CCOC1CC(CCc2ccc3c(n2)NCCC3)C1)C(=O)O)O[C@H]1CCCC[C@@H]1C#Cc1ccccc1. The molecule has 2 aromatic rings. The molecule has 0 radical (unpaired) electrons. The summed E-state index contributed by atoms with van der Waals surface area (Å²) in [7, 11) is 0. The van der Waals surface area contributed by atoms with Gasteiger partial charge in [-0.25, -0.2) is 14.6 Å². The Morgan fingerprint density at radius 2 is 1.93 bits per heavy atom. The second-order valence-electron chi connectivity index (χ2n) is 11.5. The van der Waals surface area contributed by atoms with Gasteiger partial charge in [-0.2, -0.15) is 0 Å². The Bertz CT molecular complexity index is 1230. The number of nitrogens with zero attached hydrogens (tertiary/aromatic N) is 1. The molecule has 5 rings (SSSR count). The number of carbonyl (C=O) groups is 2. The predicted molar refractivity (Wildman–Crippen MR) is 157 cm³/mol. The first-order valence-corrected chi connectivity index (χ1v) is 15.1. The van der Waals surface area contributed by atoms with E-state index in [9.17, 15) is 14.7 Å². The van der Waals surface area contributed by atoms with E-state index in [1.54, 1.807) is 0 Å². The minimum atomic E-state index is -1.09. The summed E-state index contributed by atoms with van der Waals surface area (Å²) in [4.78, 5) is 29.2. The van der Waals surface area contributed by atoms with Crippen LogP contribution in [0.5, 0.6) is 0 Å². The van der Waals surface area contributed by atoms with Gasteiger partial charge in [-0.15, -0.1) is 0 Å². The zero-order valence-corrected chi connectivity index (χ0v) is 23.6. The first-order chi connectivity index (χ1) is 20.0. The van der Waals surface area contributed by atoms with E-state index in [1.165, 1.54) is 5.56 Å². The van der Waals surface area contributed by atoms with Gasteiger partial charge in [0.05, 0.1) is 12.0 Å². The Labute approximate surface area is 242 Å². The van der Waals surface area contributed by atoms with Crippen LogP contribution >= 0.6 is 0 Å². The predicted octanol–water partition coefficient (Wildman–Crippen LogP) is 5.35. The monoisotopic (exact) mass is 559 g/mol. The van der Waals surface area contributed by atoms with Crippen molar-refractivity contribution in [1.82, 2.24) is 10.3 Å². The average molecular weight is 560 g/mol. The van der Waals surface area contributed by atoms with E-state index in [1.807, 2.05) is 30.3 Å². The molecule has 8 heteroatoms. The van der Waals surface area contributed by atoms with Crippen LogP contribution in [0.2, 0.25) is 0 Å². The van der Waals surface area contributed by atoms with Gasteiger partial charge in [-0.1, -0.05) is 42.5 Å². The van der Waals surface area contributed by atoms with Gasteiger partial charge in [0, 0.05) is 30.8 Å². The number of pyridine rings is 1. The largest absolute Gasteiger partial charge is 0.480 e. The number of hydrogen-bond donors (Lipinski definition) is 3. The molecule has 8 nitrogen and oxygen atoms in total. The van der Waals surface area contributed by atoms with Crippen molar-refractivity contribution in [2.75, 3.05) is 18.5 Å². The number of carboxylic acid groups (broad SMARTS) is 1. The standard InChI is InChI=1S/C33H41N3O5/c37-32(38)29(36-33(39)41-30-11-5-4-9-25(30)14-12-23-7-2-1-3-8-23)18-20-40-28-21-24(22-28)13-16-27-17-15-26-10-6-19-34-31(26)35-27/h1-3,7-8,15,17,24-25,28-30H,4-6,9-11,13,16,18-22H2,(H,34,35)(H,36,39)(H,37,38)/t24?,25-,28?,29+,30+/m1/s1. The van der Waals surface area contributed by atoms with Crippen LogP contribution in [0.15, 0.2) is 42.5 Å². The highest BCUT2D eigenvalue weighted by atomic mass is 16.6. The number of benzene rings is 1. The van der Waals surface area contributed by atoms with Crippen molar-refractivity contribution in [1.29, 1.82) is 0 Å². The van der Waals surface area contributed by atoms with Gasteiger partial charge in [0.15, 0.2) is 0 Å². The molecule has 3 atom stereocenters. The molecular weight excluding hydrogens is 518 g/mol. The number of rotatable bonds is 10. The van der Waals surface area contributed by atoms with Crippen molar-refractivity contribution in [2.45, 2.75) is 88.9 Å². The smallest absolute Gasteiger partial charge is 0.408 e. The number of amides is 1. The molecule has 0 spiro atoms. The second kappa shape index (κ2) is 14.4. The summed E-state index contributed by atoms with van der Waals surface area (Å²) in [6.45, 7) is 1.27. The molecule has 41 heavy (non-hydrogen) atoms. The highest BCUT2D eigenvalue weighted by Gasteiger charge is 2.31. The Balaban J connectivity index is 1.00. The summed E-state index contributed by atoms with van der Waals surface area (Å²) in [5, 5.41) is 15.6. The van der Waals surface area contributed by atoms with Gasteiger partial charge >= 0.3 is 12.1 Å². The molecule has 0 unspecified atom stereocenters. The van der Waals surface area contributed by atoms with Crippen LogP contribution in [0.1, 0.15) is 74.6 Å². The van der Waals surface area contributed by atoms with Gasteiger partial charge in [-0.3, -0.25) is 0 Å². The van der Waals surface area contributed by atoms with Crippen molar-refractivity contribution in [3.63, 3.8) is 0 Å². The topological polar surface area (TPSA) is 110 Å². The van der Waals surface area contributed by atoms with Crippen LogP contribution in [0.3, 0.4) is 0 Å². The minimum Gasteiger partial charge on any atom is -0.480 e. The summed E-state index contributed by atoms with van der Waals surface area (Å²) >= 11 is 0. The fourth-order valence-electron chi connectivity index (χ4n) is 5.93. The maximum absolute atomic E-state index is 12.6. The molecule has 1 aromatic heterocycles. The van der Waals surface area contributed by atoms with E-state index in [-0.39, 0.29) is 31.2 Å². The summed E-state index contributed by atoms with van der Waals surface area (Å²) in [6.07, 6.45) is 9.12. The summed E-state index contributed by atoms with van der Waals surface area (Å²) < 4.78 is 11.6. The van der Waals surface area contributed by atoms with E-state index in [2.05, 4.69) is 34.6 Å². The van der Waals surface area contributed by atoms with Crippen LogP contribution in [0, 0.1) is 23.7 Å². The molecule has 3 aliphatic rings.